The second-order valence-corrected chi connectivity index (χ2v) is 5.08. The molecule has 2 rings (SSSR count). The molecule has 0 radical (unpaired) electrons. The molecule has 1 aliphatic carbocycles. The molecule has 3 heteroatoms. The Kier molecular flexibility index (Phi) is 6.51. The highest BCUT2D eigenvalue weighted by atomic mass is 16.7. The fourth-order valence-electron chi connectivity index (χ4n) is 2.78. The summed E-state index contributed by atoms with van der Waals surface area (Å²) in [4.78, 5) is 0. The number of aryl methyl sites for hydroxylation is 1. The fraction of sp³-hybridized carbons (Fsp3) is 0.647. The quantitative estimate of drug-likeness (QED) is 0.676. The van der Waals surface area contributed by atoms with Crippen LogP contribution >= 0.6 is 0 Å². The molecule has 0 amide bonds. The summed E-state index contributed by atoms with van der Waals surface area (Å²) < 4.78 is 17.2. The number of hydrogen-bond acceptors (Lipinski definition) is 3. The zero-order valence-corrected chi connectivity index (χ0v) is 12.6. The molecule has 1 aromatic rings. The van der Waals surface area contributed by atoms with Gasteiger partial charge in [0.05, 0.1) is 12.7 Å². The van der Waals surface area contributed by atoms with Gasteiger partial charge in [-0.05, 0) is 44.2 Å². The predicted octanol–water partition coefficient (Wildman–Crippen LogP) is 3.87. The maximum Gasteiger partial charge on any atom is 0.159 e. The standard InChI is InChI=1S/C17H26O3/c1-3-18-17(19-4-2)12-13-20-16-11-7-9-14-8-5-6-10-15(14)16/h5-6,8,10,16-17H,3-4,7,9,11-13H2,1-2H3. The number of hydrogen-bond donors (Lipinski definition) is 0. The van der Waals surface area contributed by atoms with E-state index in [0.29, 0.717) is 19.8 Å². The maximum absolute atomic E-state index is 6.07. The van der Waals surface area contributed by atoms with Crippen molar-refractivity contribution in [1.29, 1.82) is 0 Å². The molecule has 3 nitrogen and oxygen atoms in total. The smallest absolute Gasteiger partial charge is 0.159 e. The van der Waals surface area contributed by atoms with Gasteiger partial charge in [0, 0.05) is 19.6 Å². The van der Waals surface area contributed by atoms with E-state index in [-0.39, 0.29) is 12.4 Å². The molecule has 0 aromatic heterocycles. The van der Waals surface area contributed by atoms with Crippen LogP contribution in [0.2, 0.25) is 0 Å². The van der Waals surface area contributed by atoms with E-state index in [9.17, 15) is 0 Å². The van der Waals surface area contributed by atoms with Crippen LogP contribution in [-0.4, -0.2) is 26.1 Å². The highest BCUT2D eigenvalue weighted by molar-refractivity contribution is 5.31. The van der Waals surface area contributed by atoms with Crippen molar-refractivity contribution in [3.8, 4) is 0 Å². The van der Waals surface area contributed by atoms with Crippen molar-refractivity contribution in [2.45, 2.75) is 51.9 Å². The average Bonchev–Trinajstić information content (AvgIpc) is 2.48. The third-order valence-electron chi connectivity index (χ3n) is 3.69. The van der Waals surface area contributed by atoms with Crippen molar-refractivity contribution in [2.75, 3.05) is 19.8 Å². The molecule has 0 heterocycles. The molecule has 1 unspecified atom stereocenters. The van der Waals surface area contributed by atoms with Crippen LogP contribution in [0.1, 0.15) is 50.3 Å². The number of fused-ring (bicyclic) bond motifs is 1. The second kappa shape index (κ2) is 8.40. The Labute approximate surface area is 122 Å². The van der Waals surface area contributed by atoms with Gasteiger partial charge in [-0.25, -0.2) is 0 Å². The van der Waals surface area contributed by atoms with Gasteiger partial charge in [-0.3, -0.25) is 0 Å². The maximum atomic E-state index is 6.07. The van der Waals surface area contributed by atoms with Crippen LogP contribution in [-0.2, 0) is 20.6 Å². The molecular weight excluding hydrogens is 252 g/mol. The summed E-state index contributed by atoms with van der Waals surface area (Å²) >= 11 is 0. The second-order valence-electron chi connectivity index (χ2n) is 5.08. The van der Waals surface area contributed by atoms with Gasteiger partial charge >= 0.3 is 0 Å². The first kappa shape index (κ1) is 15.5. The van der Waals surface area contributed by atoms with Crippen molar-refractivity contribution >= 4 is 0 Å². The van der Waals surface area contributed by atoms with Crippen LogP contribution in [0.5, 0.6) is 0 Å². The highest BCUT2D eigenvalue weighted by Crippen LogP contribution is 2.32. The van der Waals surface area contributed by atoms with E-state index in [1.165, 1.54) is 24.0 Å². The summed E-state index contributed by atoms with van der Waals surface area (Å²) in [5, 5.41) is 0. The lowest BCUT2D eigenvalue weighted by atomic mass is 9.89. The van der Waals surface area contributed by atoms with Crippen LogP contribution in [0.4, 0.5) is 0 Å². The Morgan fingerprint density at radius 2 is 1.90 bits per heavy atom. The Morgan fingerprint density at radius 1 is 1.15 bits per heavy atom. The van der Waals surface area contributed by atoms with Crippen molar-refractivity contribution in [1.82, 2.24) is 0 Å². The van der Waals surface area contributed by atoms with Gasteiger partial charge in [-0.15, -0.1) is 0 Å². The Morgan fingerprint density at radius 3 is 2.65 bits per heavy atom. The zero-order chi connectivity index (χ0) is 14.2. The molecule has 0 saturated heterocycles. The van der Waals surface area contributed by atoms with E-state index >= 15 is 0 Å². The Balaban J connectivity index is 1.82. The van der Waals surface area contributed by atoms with Crippen LogP contribution in [0, 0.1) is 0 Å². The molecule has 0 fully saturated rings. The van der Waals surface area contributed by atoms with Gasteiger partial charge in [0.1, 0.15) is 0 Å². The molecule has 1 atom stereocenters. The third-order valence-corrected chi connectivity index (χ3v) is 3.69. The van der Waals surface area contributed by atoms with Crippen LogP contribution in [0.3, 0.4) is 0 Å². The molecule has 0 saturated carbocycles. The van der Waals surface area contributed by atoms with Gasteiger partial charge in [0.2, 0.25) is 0 Å². The SMILES string of the molecule is CCOC(CCOC1CCCc2ccccc21)OCC. The number of rotatable bonds is 8. The van der Waals surface area contributed by atoms with Gasteiger partial charge in [0.25, 0.3) is 0 Å². The van der Waals surface area contributed by atoms with Crippen molar-refractivity contribution < 1.29 is 14.2 Å². The molecular formula is C17H26O3. The summed E-state index contributed by atoms with van der Waals surface area (Å²) in [5.41, 5.74) is 2.80. The van der Waals surface area contributed by atoms with E-state index in [2.05, 4.69) is 24.3 Å². The molecule has 1 aliphatic rings. The minimum absolute atomic E-state index is 0.135. The van der Waals surface area contributed by atoms with Crippen molar-refractivity contribution in [2.24, 2.45) is 0 Å². The summed E-state index contributed by atoms with van der Waals surface area (Å²) in [6, 6.07) is 8.63. The van der Waals surface area contributed by atoms with Gasteiger partial charge in [-0.2, -0.15) is 0 Å². The lowest BCUT2D eigenvalue weighted by molar-refractivity contribution is -0.149. The van der Waals surface area contributed by atoms with Crippen LogP contribution < -0.4 is 0 Å². The normalized spacial score (nSPS) is 18.2. The lowest BCUT2D eigenvalue weighted by Crippen LogP contribution is -2.21. The first-order valence-corrected chi connectivity index (χ1v) is 7.77. The molecule has 0 spiro atoms. The van der Waals surface area contributed by atoms with E-state index in [0.717, 1.165) is 12.8 Å². The molecule has 0 aliphatic heterocycles. The molecule has 0 N–H and O–H groups in total. The Bertz CT molecular complexity index is 386. The number of ether oxygens (including phenoxy) is 3. The number of benzene rings is 1. The van der Waals surface area contributed by atoms with Crippen molar-refractivity contribution in [3.63, 3.8) is 0 Å². The predicted molar refractivity (Wildman–Crippen MR) is 79.7 cm³/mol. The summed E-state index contributed by atoms with van der Waals surface area (Å²) in [5.74, 6) is 0. The van der Waals surface area contributed by atoms with E-state index in [1.807, 2.05) is 13.8 Å². The van der Waals surface area contributed by atoms with E-state index < -0.39 is 0 Å². The largest absolute Gasteiger partial charge is 0.373 e. The molecule has 20 heavy (non-hydrogen) atoms. The van der Waals surface area contributed by atoms with Gasteiger partial charge in [0.15, 0.2) is 6.29 Å². The monoisotopic (exact) mass is 278 g/mol. The van der Waals surface area contributed by atoms with Crippen LogP contribution in [0.25, 0.3) is 0 Å². The molecule has 1 aromatic carbocycles. The van der Waals surface area contributed by atoms with Gasteiger partial charge < -0.3 is 14.2 Å². The van der Waals surface area contributed by atoms with Crippen LogP contribution in [0.15, 0.2) is 24.3 Å². The minimum atomic E-state index is -0.135. The van der Waals surface area contributed by atoms with E-state index in [1.54, 1.807) is 0 Å². The minimum Gasteiger partial charge on any atom is -0.373 e. The summed E-state index contributed by atoms with van der Waals surface area (Å²) in [6.45, 7) is 6.02. The lowest BCUT2D eigenvalue weighted by Gasteiger charge is -2.26. The fourth-order valence-corrected chi connectivity index (χ4v) is 2.78. The zero-order valence-electron chi connectivity index (χ0n) is 12.6. The first-order chi connectivity index (χ1) is 9.85. The Hall–Kier alpha value is -0.900. The van der Waals surface area contributed by atoms with E-state index in [4.69, 9.17) is 14.2 Å². The topological polar surface area (TPSA) is 27.7 Å². The molecule has 0 bridgehead atoms. The van der Waals surface area contributed by atoms with Gasteiger partial charge in [-0.1, -0.05) is 24.3 Å². The average molecular weight is 278 g/mol. The summed E-state index contributed by atoms with van der Waals surface area (Å²) in [7, 11) is 0. The third kappa shape index (κ3) is 4.30. The summed E-state index contributed by atoms with van der Waals surface area (Å²) in [6.07, 6.45) is 4.40. The highest BCUT2D eigenvalue weighted by Gasteiger charge is 2.20. The van der Waals surface area contributed by atoms with Crippen molar-refractivity contribution in [3.05, 3.63) is 35.4 Å². The molecule has 112 valence electrons. The first-order valence-electron chi connectivity index (χ1n) is 7.77.